The van der Waals surface area contributed by atoms with Gasteiger partial charge in [-0.2, -0.15) is 0 Å². The fourth-order valence-corrected chi connectivity index (χ4v) is 4.60. The summed E-state index contributed by atoms with van der Waals surface area (Å²) in [5, 5.41) is 3.56. The monoisotopic (exact) mass is 384 g/mol. The summed E-state index contributed by atoms with van der Waals surface area (Å²) in [6.45, 7) is 0.127. The van der Waals surface area contributed by atoms with Crippen LogP contribution in [0.3, 0.4) is 0 Å². The molecule has 1 aliphatic heterocycles. The van der Waals surface area contributed by atoms with Gasteiger partial charge in [0.2, 0.25) is 5.91 Å². The number of nitrogens with zero attached hydrogens (tertiary/aromatic N) is 1. The average molecular weight is 385 g/mol. The highest BCUT2D eigenvalue weighted by atomic mass is 35.5. The van der Waals surface area contributed by atoms with Crippen molar-refractivity contribution in [2.75, 3.05) is 19.0 Å². The van der Waals surface area contributed by atoms with Crippen LogP contribution in [0.25, 0.3) is 0 Å². The number of carbonyl (C=O) groups excluding carboxylic acids is 2. The molecule has 3 rings (SSSR count). The third kappa shape index (κ3) is 3.94. The van der Waals surface area contributed by atoms with Gasteiger partial charge in [-0.1, -0.05) is 42.1 Å². The summed E-state index contributed by atoms with van der Waals surface area (Å²) < 4.78 is 4.95. The summed E-state index contributed by atoms with van der Waals surface area (Å²) in [4.78, 5) is 26.8. The van der Waals surface area contributed by atoms with Crippen LogP contribution in [0.5, 0.6) is 0 Å². The zero-order chi connectivity index (χ0) is 18.0. The minimum Gasteiger partial charge on any atom is -0.468 e. The zero-order valence-electron chi connectivity index (χ0n) is 14.1. The topological polar surface area (TPSA) is 58.6 Å². The third-order valence-corrected chi connectivity index (χ3v) is 5.88. The lowest BCUT2D eigenvalue weighted by atomic mass is 9.85. The molecule has 1 aliphatic carbocycles. The van der Waals surface area contributed by atoms with E-state index in [4.69, 9.17) is 27.9 Å². The van der Waals surface area contributed by atoms with E-state index in [0.717, 1.165) is 25.7 Å². The lowest BCUT2D eigenvalue weighted by molar-refractivity contribution is -0.146. The Kier molecular flexibility index (Phi) is 5.87. The Labute approximate surface area is 157 Å². The Hall–Kier alpha value is -1.30. The largest absolute Gasteiger partial charge is 0.468 e. The summed E-state index contributed by atoms with van der Waals surface area (Å²) in [6.07, 6.45) is 5.19. The molecule has 136 valence electrons. The molecule has 3 atom stereocenters. The molecule has 0 aromatic heterocycles. The van der Waals surface area contributed by atoms with Gasteiger partial charge in [0.05, 0.1) is 29.4 Å². The minimum atomic E-state index is -0.356. The smallest absolute Gasteiger partial charge is 0.323 e. The quantitative estimate of drug-likeness (QED) is 0.803. The van der Waals surface area contributed by atoms with Gasteiger partial charge < -0.3 is 10.1 Å². The molecule has 3 unspecified atom stereocenters. The van der Waals surface area contributed by atoms with E-state index in [1.807, 2.05) is 4.90 Å². The summed E-state index contributed by atoms with van der Waals surface area (Å²) in [6, 6.07) is 4.97. The molecule has 1 aromatic rings. The fraction of sp³-hybridized carbons (Fsp3) is 0.556. The van der Waals surface area contributed by atoms with Gasteiger partial charge in [-0.25, -0.2) is 0 Å². The van der Waals surface area contributed by atoms with Crippen molar-refractivity contribution in [3.8, 4) is 0 Å². The van der Waals surface area contributed by atoms with E-state index in [-0.39, 0.29) is 30.5 Å². The molecular formula is C18H22Cl2N2O3. The van der Waals surface area contributed by atoms with Crippen molar-refractivity contribution >= 4 is 40.8 Å². The van der Waals surface area contributed by atoms with Gasteiger partial charge in [0, 0.05) is 6.04 Å². The second kappa shape index (κ2) is 7.94. The number of esters is 1. The van der Waals surface area contributed by atoms with E-state index < -0.39 is 0 Å². The van der Waals surface area contributed by atoms with E-state index in [0.29, 0.717) is 21.7 Å². The van der Waals surface area contributed by atoms with Crippen LogP contribution < -0.4 is 5.32 Å². The highest BCUT2D eigenvalue weighted by molar-refractivity contribution is 6.39. The van der Waals surface area contributed by atoms with Crippen LogP contribution in [0, 0.1) is 5.92 Å². The Balaban J connectivity index is 1.74. The first-order valence-electron chi connectivity index (χ1n) is 8.58. The van der Waals surface area contributed by atoms with E-state index >= 15 is 0 Å². The van der Waals surface area contributed by atoms with Crippen molar-refractivity contribution in [1.82, 2.24) is 4.90 Å². The number of halogens is 2. The lowest BCUT2D eigenvalue weighted by Gasteiger charge is -2.32. The second-order valence-electron chi connectivity index (χ2n) is 6.70. The number of fused-ring (bicyclic) bond motifs is 1. The zero-order valence-corrected chi connectivity index (χ0v) is 15.6. The second-order valence-corrected chi connectivity index (χ2v) is 7.52. The number of carbonyl (C=O) groups is 2. The summed E-state index contributed by atoms with van der Waals surface area (Å²) >= 11 is 12.2. The number of benzene rings is 1. The number of rotatable bonds is 4. The Morgan fingerprint density at radius 3 is 2.60 bits per heavy atom. The van der Waals surface area contributed by atoms with Gasteiger partial charge in [0.1, 0.15) is 6.04 Å². The SMILES string of the molecule is COC(=O)C1CC2CCCCC2N1CC(=O)Nc1c(Cl)cccc1Cl. The first-order chi connectivity index (χ1) is 12.0. The van der Waals surface area contributed by atoms with Crippen LogP contribution in [-0.2, 0) is 14.3 Å². The van der Waals surface area contributed by atoms with Crippen molar-refractivity contribution < 1.29 is 14.3 Å². The van der Waals surface area contributed by atoms with Gasteiger partial charge in [0.25, 0.3) is 0 Å². The highest BCUT2D eigenvalue weighted by Crippen LogP contribution is 2.40. The standard InChI is InChI=1S/C18H22Cl2N2O3/c1-25-18(24)15-9-11-5-2-3-8-14(11)22(15)10-16(23)21-17-12(19)6-4-7-13(17)20/h4,6-7,11,14-15H,2-3,5,8-10H2,1H3,(H,21,23). The van der Waals surface area contributed by atoms with Crippen LogP contribution in [0.2, 0.25) is 10.0 Å². The fourth-order valence-electron chi connectivity index (χ4n) is 4.11. The molecule has 25 heavy (non-hydrogen) atoms. The maximum Gasteiger partial charge on any atom is 0.323 e. The minimum absolute atomic E-state index is 0.127. The predicted molar refractivity (Wildman–Crippen MR) is 98.0 cm³/mol. The van der Waals surface area contributed by atoms with Crippen LogP contribution in [0.4, 0.5) is 5.69 Å². The first kappa shape index (κ1) is 18.5. The number of ether oxygens (including phenoxy) is 1. The molecule has 5 nitrogen and oxygen atoms in total. The van der Waals surface area contributed by atoms with Gasteiger partial charge in [-0.15, -0.1) is 0 Å². The van der Waals surface area contributed by atoms with Gasteiger partial charge in [-0.3, -0.25) is 14.5 Å². The molecule has 0 spiro atoms. The summed E-state index contributed by atoms with van der Waals surface area (Å²) in [5.41, 5.74) is 0.407. The predicted octanol–water partition coefficient (Wildman–Crippen LogP) is 3.74. The molecule has 1 heterocycles. The van der Waals surface area contributed by atoms with Gasteiger partial charge in [-0.05, 0) is 37.3 Å². The number of nitrogens with one attached hydrogen (secondary N) is 1. The number of hydrogen-bond acceptors (Lipinski definition) is 4. The van der Waals surface area contributed by atoms with E-state index in [2.05, 4.69) is 5.32 Å². The number of methoxy groups -OCH3 is 1. The molecule has 7 heteroatoms. The number of para-hydroxylation sites is 1. The van der Waals surface area contributed by atoms with Crippen molar-refractivity contribution in [2.45, 2.75) is 44.2 Å². The average Bonchev–Trinajstić information content (AvgIpc) is 2.96. The molecule has 1 amide bonds. The van der Waals surface area contributed by atoms with Crippen LogP contribution in [0.1, 0.15) is 32.1 Å². The Morgan fingerprint density at radius 2 is 1.92 bits per heavy atom. The van der Waals surface area contributed by atoms with Gasteiger partial charge >= 0.3 is 5.97 Å². The van der Waals surface area contributed by atoms with E-state index in [1.54, 1.807) is 18.2 Å². The molecule has 1 saturated carbocycles. The molecule has 1 aromatic carbocycles. The number of anilines is 1. The van der Waals surface area contributed by atoms with Crippen molar-refractivity contribution in [3.05, 3.63) is 28.2 Å². The highest BCUT2D eigenvalue weighted by Gasteiger charge is 2.46. The van der Waals surface area contributed by atoms with E-state index in [9.17, 15) is 9.59 Å². The molecule has 2 aliphatic rings. The van der Waals surface area contributed by atoms with Crippen LogP contribution in [0.15, 0.2) is 18.2 Å². The molecule has 0 radical (unpaired) electrons. The number of hydrogen-bond donors (Lipinski definition) is 1. The summed E-state index contributed by atoms with van der Waals surface area (Å²) in [7, 11) is 1.39. The summed E-state index contributed by atoms with van der Waals surface area (Å²) in [5.74, 6) is -0.0392. The maximum absolute atomic E-state index is 12.6. The Bertz CT molecular complexity index is 647. The molecule has 0 bridgehead atoms. The number of likely N-dealkylation sites (tertiary alicyclic amines) is 1. The lowest BCUT2D eigenvalue weighted by Crippen LogP contribution is -2.46. The van der Waals surface area contributed by atoms with Crippen molar-refractivity contribution in [3.63, 3.8) is 0 Å². The van der Waals surface area contributed by atoms with Crippen LogP contribution >= 0.6 is 23.2 Å². The molecule has 1 N–H and O–H groups in total. The molecule has 2 fully saturated rings. The Morgan fingerprint density at radius 1 is 1.24 bits per heavy atom. The number of amides is 1. The maximum atomic E-state index is 12.6. The van der Waals surface area contributed by atoms with Crippen LogP contribution in [-0.4, -0.2) is 42.5 Å². The third-order valence-electron chi connectivity index (χ3n) is 5.25. The molecule has 1 saturated heterocycles. The normalized spacial score (nSPS) is 26.1. The van der Waals surface area contributed by atoms with Crippen molar-refractivity contribution in [1.29, 1.82) is 0 Å². The van der Waals surface area contributed by atoms with E-state index in [1.165, 1.54) is 13.5 Å². The molecular weight excluding hydrogens is 363 g/mol. The van der Waals surface area contributed by atoms with Gasteiger partial charge in [0.15, 0.2) is 0 Å². The first-order valence-corrected chi connectivity index (χ1v) is 9.34. The van der Waals surface area contributed by atoms with Crippen molar-refractivity contribution in [2.24, 2.45) is 5.92 Å².